The van der Waals surface area contributed by atoms with Gasteiger partial charge in [0.05, 0.1) is 15.6 Å². The van der Waals surface area contributed by atoms with Crippen molar-refractivity contribution in [2.75, 3.05) is 11.9 Å². The van der Waals surface area contributed by atoms with Gasteiger partial charge in [-0.2, -0.15) is 0 Å². The summed E-state index contributed by atoms with van der Waals surface area (Å²) in [6.45, 7) is 5.40. The van der Waals surface area contributed by atoms with Gasteiger partial charge in [-0.15, -0.1) is 11.3 Å². The molecule has 7 nitrogen and oxygen atoms in total. The molecule has 0 saturated carbocycles. The number of carbonyl (C=O) groups is 3. The predicted octanol–water partition coefficient (Wildman–Crippen LogP) is 4.38. The van der Waals surface area contributed by atoms with Crippen LogP contribution in [0.5, 0.6) is 0 Å². The first-order valence-corrected chi connectivity index (χ1v) is 11.3. The first-order chi connectivity index (χ1) is 15.2. The number of carbonyl (C=O) groups excluding carboxylic acids is 3. The lowest BCUT2D eigenvalue weighted by Gasteiger charge is -2.28. The second-order valence-electron chi connectivity index (χ2n) is 9.26. The Morgan fingerprint density at radius 3 is 2.62 bits per heavy atom. The number of anilines is 1. The number of Topliss-reactive ketones (excluding diaryl/α,β-unsaturated/α-hetero) is 1. The molecule has 1 aromatic heterocycles. The molecule has 0 aliphatic carbocycles. The number of amides is 2. The summed E-state index contributed by atoms with van der Waals surface area (Å²) in [4.78, 5) is 45.8. The van der Waals surface area contributed by atoms with Crippen LogP contribution in [-0.2, 0) is 14.9 Å². The van der Waals surface area contributed by atoms with E-state index in [2.05, 4.69) is 10.3 Å². The standard InChI is InChI=1S/C24H23N3O4S/c1-23(2,3)31-22(30)27-13-24(14-8-4-5-9-15(14)26-21(24)29)12-17(27)19(28)20-25-16-10-6-7-11-18(16)32-20/h4-11,17H,12-13H2,1-3H3,(H,26,29)/t17-,24-/m0/s1. The molecule has 2 aliphatic rings. The molecule has 3 heterocycles. The maximum absolute atomic E-state index is 13.6. The molecule has 164 valence electrons. The molecule has 2 atom stereocenters. The van der Waals surface area contributed by atoms with E-state index in [1.165, 1.54) is 16.2 Å². The maximum Gasteiger partial charge on any atom is 0.410 e. The highest BCUT2D eigenvalue weighted by Gasteiger charge is 2.58. The Balaban J connectivity index is 1.56. The minimum atomic E-state index is -0.996. The molecule has 0 unspecified atom stereocenters. The van der Waals surface area contributed by atoms with Gasteiger partial charge >= 0.3 is 6.09 Å². The second kappa shape index (κ2) is 7.13. The van der Waals surface area contributed by atoms with Gasteiger partial charge < -0.3 is 10.1 Å². The zero-order valence-electron chi connectivity index (χ0n) is 18.0. The van der Waals surface area contributed by atoms with E-state index in [0.29, 0.717) is 5.01 Å². The molecular formula is C24H23N3O4S. The van der Waals surface area contributed by atoms with Crippen molar-refractivity contribution in [2.24, 2.45) is 0 Å². The summed E-state index contributed by atoms with van der Waals surface area (Å²) in [5.74, 6) is -0.474. The first-order valence-electron chi connectivity index (χ1n) is 10.5. The van der Waals surface area contributed by atoms with Crippen LogP contribution >= 0.6 is 11.3 Å². The van der Waals surface area contributed by atoms with Gasteiger partial charge in [0.25, 0.3) is 0 Å². The van der Waals surface area contributed by atoms with Gasteiger partial charge in [-0.1, -0.05) is 30.3 Å². The Hall–Kier alpha value is -3.26. The predicted molar refractivity (Wildman–Crippen MR) is 122 cm³/mol. The number of nitrogens with one attached hydrogen (secondary N) is 1. The monoisotopic (exact) mass is 449 g/mol. The smallest absolute Gasteiger partial charge is 0.410 e. The quantitative estimate of drug-likeness (QED) is 0.587. The molecular weight excluding hydrogens is 426 g/mol. The summed E-state index contributed by atoms with van der Waals surface area (Å²) in [7, 11) is 0. The normalized spacial score (nSPS) is 22.3. The SMILES string of the molecule is CC(C)(C)OC(=O)N1C[C@]2(C[C@H]1C(=O)c1nc3ccccc3s1)C(=O)Nc1ccccc12. The van der Waals surface area contributed by atoms with Crippen LogP contribution in [0.2, 0.25) is 0 Å². The van der Waals surface area contributed by atoms with Crippen LogP contribution in [-0.4, -0.2) is 45.9 Å². The number of rotatable bonds is 2. The van der Waals surface area contributed by atoms with E-state index < -0.39 is 23.2 Å². The fraction of sp³-hybridized carbons (Fsp3) is 0.333. The fourth-order valence-corrected chi connectivity index (χ4v) is 5.46. The molecule has 32 heavy (non-hydrogen) atoms. The average molecular weight is 450 g/mol. The van der Waals surface area contributed by atoms with Crippen molar-refractivity contribution in [1.29, 1.82) is 0 Å². The number of fused-ring (bicyclic) bond motifs is 3. The molecule has 5 rings (SSSR count). The van der Waals surface area contributed by atoms with E-state index in [0.717, 1.165) is 21.5 Å². The summed E-state index contributed by atoms with van der Waals surface area (Å²) in [5.41, 5.74) is 0.533. The van der Waals surface area contributed by atoms with Gasteiger partial charge in [-0.25, -0.2) is 9.78 Å². The molecule has 1 spiro atoms. The van der Waals surface area contributed by atoms with Crippen molar-refractivity contribution in [3.8, 4) is 0 Å². The average Bonchev–Trinajstić information content (AvgIpc) is 3.42. The third kappa shape index (κ3) is 3.26. The molecule has 0 bridgehead atoms. The molecule has 2 aliphatic heterocycles. The van der Waals surface area contributed by atoms with Crippen molar-refractivity contribution < 1.29 is 19.1 Å². The van der Waals surface area contributed by atoms with E-state index in [-0.39, 0.29) is 24.7 Å². The number of ether oxygens (including phenoxy) is 1. The van der Waals surface area contributed by atoms with Crippen LogP contribution in [0.25, 0.3) is 10.2 Å². The molecule has 1 N–H and O–H groups in total. The summed E-state index contributed by atoms with van der Waals surface area (Å²) in [6.07, 6.45) is -0.421. The Labute approximate surface area is 189 Å². The van der Waals surface area contributed by atoms with Crippen LogP contribution in [0, 0.1) is 0 Å². The third-order valence-electron chi connectivity index (χ3n) is 5.92. The Morgan fingerprint density at radius 2 is 1.88 bits per heavy atom. The van der Waals surface area contributed by atoms with Gasteiger partial charge in [0.15, 0.2) is 5.01 Å². The van der Waals surface area contributed by atoms with E-state index in [1.54, 1.807) is 20.8 Å². The van der Waals surface area contributed by atoms with Crippen LogP contribution in [0.15, 0.2) is 48.5 Å². The number of para-hydroxylation sites is 2. The molecule has 0 radical (unpaired) electrons. The number of benzene rings is 2. The van der Waals surface area contributed by atoms with Gasteiger partial charge in [0.1, 0.15) is 11.6 Å². The van der Waals surface area contributed by atoms with Crippen LogP contribution in [0.4, 0.5) is 10.5 Å². The highest BCUT2D eigenvalue weighted by molar-refractivity contribution is 7.20. The van der Waals surface area contributed by atoms with Crippen molar-refractivity contribution in [3.63, 3.8) is 0 Å². The lowest BCUT2D eigenvalue weighted by atomic mass is 9.79. The summed E-state index contributed by atoms with van der Waals surface area (Å²) >= 11 is 1.30. The van der Waals surface area contributed by atoms with Crippen molar-refractivity contribution in [3.05, 3.63) is 59.1 Å². The van der Waals surface area contributed by atoms with E-state index >= 15 is 0 Å². The van der Waals surface area contributed by atoms with E-state index in [1.807, 2.05) is 48.5 Å². The fourth-order valence-electron chi connectivity index (χ4n) is 4.51. The third-order valence-corrected chi connectivity index (χ3v) is 6.97. The van der Waals surface area contributed by atoms with Crippen molar-refractivity contribution in [2.45, 2.75) is 44.2 Å². The molecule has 8 heteroatoms. The highest BCUT2D eigenvalue weighted by Crippen LogP contribution is 2.47. The molecule has 2 amide bonds. The topological polar surface area (TPSA) is 88.6 Å². The Morgan fingerprint density at radius 1 is 1.16 bits per heavy atom. The molecule has 1 saturated heterocycles. The maximum atomic E-state index is 13.6. The van der Waals surface area contributed by atoms with Gasteiger partial charge in [-0.05, 0) is 51.0 Å². The lowest BCUT2D eigenvalue weighted by Crippen LogP contribution is -2.44. The zero-order chi connectivity index (χ0) is 22.7. The van der Waals surface area contributed by atoms with Gasteiger partial charge in [-0.3, -0.25) is 14.5 Å². The number of hydrogen-bond donors (Lipinski definition) is 1. The van der Waals surface area contributed by atoms with Gasteiger partial charge in [0, 0.05) is 12.2 Å². The van der Waals surface area contributed by atoms with Crippen LogP contribution < -0.4 is 5.32 Å². The van der Waals surface area contributed by atoms with Crippen LogP contribution in [0.1, 0.15) is 42.6 Å². The lowest BCUT2D eigenvalue weighted by molar-refractivity contribution is -0.120. The Bertz CT molecular complexity index is 1230. The largest absolute Gasteiger partial charge is 0.444 e. The number of aromatic nitrogens is 1. The minimum absolute atomic E-state index is 0.0755. The first kappa shape index (κ1) is 20.6. The number of thiazole rings is 1. The van der Waals surface area contributed by atoms with E-state index in [4.69, 9.17) is 4.74 Å². The Kier molecular flexibility index (Phi) is 4.60. The second-order valence-corrected chi connectivity index (χ2v) is 10.3. The number of ketones is 1. The summed E-state index contributed by atoms with van der Waals surface area (Å²) in [6, 6.07) is 14.1. The number of nitrogens with zero attached hydrogens (tertiary/aromatic N) is 2. The van der Waals surface area contributed by atoms with Crippen LogP contribution in [0.3, 0.4) is 0 Å². The van der Waals surface area contributed by atoms with Crippen molar-refractivity contribution >= 4 is 45.0 Å². The summed E-state index contributed by atoms with van der Waals surface area (Å²) < 4.78 is 6.51. The number of likely N-dealkylation sites (tertiary alicyclic amines) is 1. The van der Waals surface area contributed by atoms with Crippen molar-refractivity contribution in [1.82, 2.24) is 9.88 Å². The molecule has 2 aromatic carbocycles. The zero-order valence-corrected chi connectivity index (χ0v) is 18.9. The van der Waals surface area contributed by atoms with Gasteiger partial charge in [0.2, 0.25) is 11.7 Å². The summed E-state index contributed by atoms with van der Waals surface area (Å²) in [5, 5.41) is 3.24. The van der Waals surface area contributed by atoms with E-state index in [9.17, 15) is 14.4 Å². The minimum Gasteiger partial charge on any atom is -0.444 e. The number of hydrogen-bond acceptors (Lipinski definition) is 6. The molecule has 3 aromatic rings. The highest BCUT2D eigenvalue weighted by atomic mass is 32.1. The molecule has 1 fully saturated rings.